The molecule has 2 aromatic carbocycles. The molecule has 3 nitrogen and oxygen atoms in total. The van der Waals surface area contributed by atoms with Crippen molar-refractivity contribution in [3.8, 4) is 11.1 Å². The lowest BCUT2D eigenvalue weighted by Gasteiger charge is -2.13. The Labute approximate surface area is 126 Å². The Morgan fingerprint density at radius 2 is 1.81 bits per heavy atom. The lowest BCUT2D eigenvalue weighted by molar-refractivity contribution is -0.145. The number of ether oxygens (including phenoxy) is 1. The number of hydrogen-bond donors (Lipinski definition) is 1. The molecule has 1 N–H and O–H groups in total. The lowest BCUT2D eigenvalue weighted by atomic mass is 10.0. The number of carbonyl (C=O) groups excluding carboxylic acids is 1. The molecule has 2 aromatic rings. The molecule has 1 atom stereocenters. The van der Waals surface area contributed by atoms with Crippen LogP contribution in [0.15, 0.2) is 54.6 Å². The van der Waals surface area contributed by atoms with Gasteiger partial charge in [0.1, 0.15) is 6.04 Å². The Balaban J connectivity index is 2.00. The highest BCUT2D eigenvalue weighted by atomic mass is 16.5. The molecule has 0 saturated heterocycles. The highest BCUT2D eigenvalue weighted by Gasteiger charge is 2.12. The van der Waals surface area contributed by atoms with Crippen molar-refractivity contribution in [1.82, 2.24) is 5.32 Å². The molecule has 0 heterocycles. The SMILES string of the molecule is CCOC(=O)C(C)NCc1cccc(-c2ccccc2)c1. The topological polar surface area (TPSA) is 38.3 Å². The minimum atomic E-state index is -0.301. The van der Waals surface area contributed by atoms with Gasteiger partial charge in [0.15, 0.2) is 0 Å². The summed E-state index contributed by atoms with van der Waals surface area (Å²) in [5.74, 6) is -0.211. The first-order valence-electron chi connectivity index (χ1n) is 7.25. The van der Waals surface area contributed by atoms with Gasteiger partial charge in [0.2, 0.25) is 0 Å². The highest BCUT2D eigenvalue weighted by Crippen LogP contribution is 2.19. The predicted molar refractivity (Wildman–Crippen MR) is 84.8 cm³/mol. The molecule has 110 valence electrons. The number of carbonyl (C=O) groups is 1. The zero-order valence-electron chi connectivity index (χ0n) is 12.5. The van der Waals surface area contributed by atoms with Crippen molar-refractivity contribution in [1.29, 1.82) is 0 Å². The van der Waals surface area contributed by atoms with Crippen molar-refractivity contribution in [3.05, 3.63) is 60.2 Å². The van der Waals surface area contributed by atoms with Crippen LogP contribution in [0, 0.1) is 0 Å². The van der Waals surface area contributed by atoms with Crippen molar-refractivity contribution in [2.24, 2.45) is 0 Å². The molecule has 0 spiro atoms. The van der Waals surface area contributed by atoms with Gasteiger partial charge < -0.3 is 10.1 Å². The molecule has 0 saturated carbocycles. The zero-order valence-corrected chi connectivity index (χ0v) is 12.5. The molecule has 0 aliphatic rings. The standard InChI is InChI=1S/C18H21NO2/c1-3-21-18(20)14(2)19-13-15-8-7-11-17(12-15)16-9-5-4-6-10-16/h4-12,14,19H,3,13H2,1-2H3. The summed E-state index contributed by atoms with van der Waals surface area (Å²) in [5.41, 5.74) is 3.52. The van der Waals surface area contributed by atoms with Gasteiger partial charge in [0.05, 0.1) is 6.61 Å². The van der Waals surface area contributed by atoms with E-state index in [9.17, 15) is 4.79 Å². The fourth-order valence-corrected chi connectivity index (χ4v) is 2.11. The summed E-state index contributed by atoms with van der Waals surface area (Å²) in [7, 11) is 0. The van der Waals surface area contributed by atoms with Crippen molar-refractivity contribution in [2.45, 2.75) is 26.4 Å². The van der Waals surface area contributed by atoms with E-state index in [1.165, 1.54) is 11.1 Å². The summed E-state index contributed by atoms with van der Waals surface area (Å²) in [5, 5.41) is 3.19. The maximum absolute atomic E-state index is 11.6. The van der Waals surface area contributed by atoms with E-state index < -0.39 is 0 Å². The predicted octanol–water partition coefficient (Wildman–Crippen LogP) is 3.39. The molecule has 0 aliphatic heterocycles. The van der Waals surface area contributed by atoms with Crippen LogP contribution in [0.3, 0.4) is 0 Å². The third-order valence-corrected chi connectivity index (χ3v) is 3.29. The van der Waals surface area contributed by atoms with Crippen LogP contribution >= 0.6 is 0 Å². The average molecular weight is 283 g/mol. The fourth-order valence-electron chi connectivity index (χ4n) is 2.11. The second-order valence-corrected chi connectivity index (χ2v) is 4.92. The Kier molecular flexibility index (Phi) is 5.52. The van der Waals surface area contributed by atoms with Crippen LogP contribution in [0.1, 0.15) is 19.4 Å². The van der Waals surface area contributed by atoms with E-state index >= 15 is 0 Å². The average Bonchev–Trinajstić information content (AvgIpc) is 2.54. The molecular weight excluding hydrogens is 262 g/mol. The first kappa shape index (κ1) is 15.3. The van der Waals surface area contributed by atoms with Crippen LogP contribution in [-0.2, 0) is 16.1 Å². The molecule has 1 unspecified atom stereocenters. The van der Waals surface area contributed by atoms with Crippen molar-refractivity contribution < 1.29 is 9.53 Å². The molecule has 0 aliphatic carbocycles. The summed E-state index contributed by atoms with van der Waals surface area (Å²) >= 11 is 0. The van der Waals surface area contributed by atoms with Gasteiger partial charge in [-0.05, 0) is 36.6 Å². The van der Waals surface area contributed by atoms with Gasteiger partial charge >= 0.3 is 5.97 Å². The molecule has 21 heavy (non-hydrogen) atoms. The minimum absolute atomic E-state index is 0.211. The minimum Gasteiger partial charge on any atom is -0.465 e. The second-order valence-electron chi connectivity index (χ2n) is 4.92. The molecule has 0 fully saturated rings. The summed E-state index contributed by atoms with van der Waals surface area (Å²) in [4.78, 5) is 11.6. The van der Waals surface area contributed by atoms with Crippen LogP contribution in [-0.4, -0.2) is 18.6 Å². The van der Waals surface area contributed by atoms with Crippen LogP contribution in [0.5, 0.6) is 0 Å². The summed E-state index contributed by atoms with van der Waals surface area (Å²) in [6, 6.07) is 18.3. The van der Waals surface area contributed by atoms with Gasteiger partial charge in [-0.1, -0.05) is 48.5 Å². The summed E-state index contributed by atoms with van der Waals surface area (Å²) < 4.78 is 4.98. The number of hydrogen-bond acceptors (Lipinski definition) is 3. The lowest BCUT2D eigenvalue weighted by Crippen LogP contribution is -2.34. The number of rotatable bonds is 6. The first-order chi connectivity index (χ1) is 10.2. The van der Waals surface area contributed by atoms with Gasteiger partial charge in [0, 0.05) is 6.54 Å². The van der Waals surface area contributed by atoms with Crippen LogP contribution in [0.25, 0.3) is 11.1 Å². The highest BCUT2D eigenvalue weighted by molar-refractivity contribution is 5.75. The van der Waals surface area contributed by atoms with Gasteiger partial charge in [-0.3, -0.25) is 4.79 Å². The van der Waals surface area contributed by atoms with Gasteiger partial charge in [-0.2, -0.15) is 0 Å². The molecule has 0 bridgehead atoms. The van der Waals surface area contributed by atoms with Gasteiger partial charge in [-0.15, -0.1) is 0 Å². The van der Waals surface area contributed by atoms with Crippen molar-refractivity contribution >= 4 is 5.97 Å². The second kappa shape index (κ2) is 7.60. The zero-order chi connectivity index (χ0) is 15.1. The van der Waals surface area contributed by atoms with Crippen LogP contribution in [0.4, 0.5) is 0 Å². The third-order valence-electron chi connectivity index (χ3n) is 3.29. The largest absolute Gasteiger partial charge is 0.465 e. The van der Waals surface area contributed by atoms with E-state index in [-0.39, 0.29) is 12.0 Å². The van der Waals surface area contributed by atoms with Gasteiger partial charge in [-0.25, -0.2) is 0 Å². The number of esters is 1. The van der Waals surface area contributed by atoms with E-state index in [1.807, 2.05) is 38.1 Å². The first-order valence-corrected chi connectivity index (χ1v) is 7.25. The number of nitrogens with one attached hydrogen (secondary N) is 1. The van der Waals surface area contributed by atoms with E-state index in [2.05, 4.69) is 35.6 Å². The molecule has 0 amide bonds. The molecule has 2 rings (SSSR count). The van der Waals surface area contributed by atoms with Crippen LogP contribution in [0.2, 0.25) is 0 Å². The molecule has 0 radical (unpaired) electrons. The molecule has 3 heteroatoms. The van der Waals surface area contributed by atoms with Crippen molar-refractivity contribution in [2.75, 3.05) is 6.61 Å². The van der Waals surface area contributed by atoms with E-state index in [0.29, 0.717) is 13.2 Å². The third kappa shape index (κ3) is 4.43. The fraction of sp³-hybridized carbons (Fsp3) is 0.278. The molecule has 0 aromatic heterocycles. The summed E-state index contributed by atoms with van der Waals surface area (Å²) in [6.45, 7) is 4.68. The summed E-state index contributed by atoms with van der Waals surface area (Å²) in [6.07, 6.45) is 0. The van der Waals surface area contributed by atoms with Gasteiger partial charge in [0.25, 0.3) is 0 Å². The Hall–Kier alpha value is -2.13. The maximum atomic E-state index is 11.6. The van der Waals surface area contributed by atoms with Crippen LogP contribution < -0.4 is 5.32 Å². The Morgan fingerprint density at radius 3 is 2.52 bits per heavy atom. The van der Waals surface area contributed by atoms with E-state index in [0.717, 1.165) is 5.56 Å². The smallest absolute Gasteiger partial charge is 0.322 e. The Bertz CT molecular complexity index is 581. The van der Waals surface area contributed by atoms with Crippen molar-refractivity contribution in [3.63, 3.8) is 0 Å². The monoisotopic (exact) mass is 283 g/mol. The normalized spacial score (nSPS) is 11.9. The Morgan fingerprint density at radius 1 is 1.10 bits per heavy atom. The number of benzene rings is 2. The van der Waals surface area contributed by atoms with E-state index in [4.69, 9.17) is 4.74 Å². The maximum Gasteiger partial charge on any atom is 0.322 e. The molecular formula is C18H21NO2. The quantitative estimate of drug-likeness (QED) is 0.826. The van der Waals surface area contributed by atoms with E-state index in [1.54, 1.807) is 0 Å².